The molecule has 0 bridgehead atoms. The summed E-state index contributed by atoms with van der Waals surface area (Å²) in [6.45, 7) is 18.3. The molecule has 290 valence electrons. The number of pyridine rings is 1. The van der Waals surface area contributed by atoms with Crippen molar-refractivity contribution in [3.8, 4) is 28.3 Å². The van der Waals surface area contributed by atoms with Crippen LogP contribution in [0.3, 0.4) is 0 Å². The first-order chi connectivity index (χ1) is 28.0. The predicted octanol–water partition coefficient (Wildman–Crippen LogP) is 14.6. The van der Waals surface area contributed by atoms with Crippen molar-refractivity contribution in [2.24, 2.45) is 0 Å². The van der Waals surface area contributed by atoms with Crippen LogP contribution in [-0.2, 0) is 0 Å². The average molecular weight is 760 g/mol. The van der Waals surface area contributed by atoms with E-state index in [0.717, 1.165) is 50.5 Å². The molecule has 0 N–H and O–H groups in total. The van der Waals surface area contributed by atoms with Gasteiger partial charge in [0.2, 0.25) is 0 Å². The highest BCUT2D eigenvalue weighted by atomic mass is 15.1. The summed E-state index contributed by atoms with van der Waals surface area (Å²) >= 11 is 0. The number of hydrogen-bond donors (Lipinski definition) is 0. The highest BCUT2D eigenvalue weighted by Crippen LogP contribution is 2.42. The smallest absolute Gasteiger partial charge is 0.145 e. The molecule has 0 aliphatic heterocycles. The number of para-hydroxylation sites is 4. The molecule has 0 saturated heterocycles. The first kappa shape index (κ1) is 37.4. The highest BCUT2D eigenvalue weighted by molar-refractivity contribution is 6.13. The Hall–Kier alpha value is -6.20. The Morgan fingerprint density at radius 3 is 1.78 bits per heavy atom. The van der Waals surface area contributed by atoms with Crippen LogP contribution in [0, 0.1) is 0 Å². The van der Waals surface area contributed by atoms with Crippen molar-refractivity contribution >= 4 is 49.7 Å². The fraction of sp³-hybridized carbons (Fsp3) is 0.245. The van der Waals surface area contributed by atoms with Crippen molar-refractivity contribution < 1.29 is 0 Å². The van der Waals surface area contributed by atoms with Crippen molar-refractivity contribution in [1.29, 1.82) is 0 Å². The van der Waals surface area contributed by atoms with Crippen LogP contribution in [0.5, 0.6) is 0 Å². The summed E-state index contributed by atoms with van der Waals surface area (Å²) < 4.78 is 4.81. The Morgan fingerprint density at radius 1 is 0.517 bits per heavy atom. The van der Waals surface area contributed by atoms with E-state index in [1.165, 1.54) is 49.8 Å². The molecular formula is C53H53N5. The molecule has 0 amide bonds. The van der Waals surface area contributed by atoms with Gasteiger partial charge in [-0.2, -0.15) is 0 Å². The van der Waals surface area contributed by atoms with Gasteiger partial charge in [-0.15, -0.1) is 0 Å². The molecule has 3 aromatic heterocycles. The van der Waals surface area contributed by atoms with Gasteiger partial charge in [0.25, 0.3) is 0 Å². The monoisotopic (exact) mass is 759 g/mol. The highest BCUT2D eigenvalue weighted by Gasteiger charge is 2.24. The summed E-state index contributed by atoms with van der Waals surface area (Å²) in [7, 11) is 2.16. The molecule has 0 unspecified atom stereocenters. The molecule has 0 atom stereocenters. The molecule has 6 aromatic carbocycles. The van der Waals surface area contributed by atoms with Gasteiger partial charge in [-0.1, -0.05) is 140 Å². The van der Waals surface area contributed by atoms with Crippen molar-refractivity contribution in [1.82, 2.24) is 18.9 Å². The Balaban J connectivity index is 1.21. The number of anilines is 2. The minimum atomic E-state index is 0.352. The first-order valence-corrected chi connectivity index (χ1v) is 20.9. The fourth-order valence-electron chi connectivity index (χ4n) is 9.08. The third-order valence-electron chi connectivity index (χ3n) is 12.1. The second kappa shape index (κ2) is 14.6. The van der Waals surface area contributed by atoms with Crippen LogP contribution in [0.15, 0.2) is 134 Å². The zero-order chi connectivity index (χ0) is 40.4. The molecule has 0 aliphatic carbocycles. The predicted molar refractivity (Wildman–Crippen MR) is 247 cm³/mol. The Kier molecular flexibility index (Phi) is 9.43. The molecular weight excluding hydrogens is 707 g/mol. The first-order valence-electron chi connectivity index (χ1n) is 20.9. The van der Waals surface area contributed by atoms with Crippen LogP contribution in [0.1, 0.15) is 101 Å². The van der Waals surface area contributed by atoms with Crippen molar-refractivity contribution in [3.05, 3.63) is 156 Å². The summed E-state index contributed by atoms with van der Waals surface area (Å²) in [6.07, 6.45) is 2.10. The molecule has 0 aliphatic rings. The third kappa shape index (κ3) is 6.07. The average Bonchev–Trinajstić information content (AvgIpc) is 3.85. The molecule has 9 rings (SSSR count). The van der Waals surface area contributed by atoms with Crippen LogP contribution in [0.4, 0.5) is 11.4 Å². The quantitative estimate of drug-likeness (QED) is 0.138. The number of fused-ring (bicyclic) bond motifs is 7. The van der Waals surface area contributed by atoms with Crippen LogP contribution in [0.25, 0.3) is 66.7 Å². The summed E-state index contributed by atoms with van der Waals surface area (Å²) in [5, 5.41) is 3.55. The third-order valence-corrected chi connectivity index (χ3v) is 12.1. The molecule has 5 heteroatoms. The normalized spacial score (nSPS) is 12.2. The van der Waals surface area contributed by atoms with Crippen LogP contribution < -0.4 is 4.90 Å². The van der Waals surface area contributed by atoms with Crippen molar-refractivity contribution in [3.63, 3.8) is 0 Å². The minimum absolute atomic E-state index is 0.352. The zero-order valence-electron chi connectivity index (χ0n) is 35.2. The molecule has 0 saturated carbocycles. The Bertz CT molecular complexity index is 2940. The van der Waals surface area contributed by atoms with Crippen molar-refractivity contribution in [2.45, 2.75) is 79.1 Å². The largest absolute Gasteiger partial charge is 0.345 e. The van der Waals surface area contributed by atoms with E-state index in [1.54, 1.807) is 0 Å². The lowest BCUT2D eigenvalue weighted by Crippen LogP contribution is -2.10. The maximum atomic E-state index is 5.33. The van der Waals surface area contributed by atoms with E-state index in [2.05, 4.69) is 210 Å². The standard InChI is InChI=1S/C53H53N5/c1-32(2)39-20-15-21-40(33(3)4)50(39)49-31-54-53-45-30-38(27-28-43(45)44-19-10-12-25-47(44)57(49)53)56(9)37-18-14-17-36(29-37)52-55-46-24-11-13-26-48(46)58(52)51-41(34(5)6)22-16-23-42(51)35(7)8/h10-35H,1-9H3. The van der Waals surface area contributed by atoms with Gasteiger partial charge >= 0.3 is 0 Å². The van der Waals surface area contributed by atoms with E-state index in [0.29, 0.717) is 23.7 Å². The molecule has 58 heavy (non-hydrogen) atoms. The van der Waals surface area contributed by atoms with E-state index in [1.807, 2.05) is 0 Å². The maximum absolute atomic E-state index is 5.33. The molecule has 9 aromatic rings. The lowest BCUT2D eigenvalue weighted by molar-refractivity contribution is 0.811. The van der Waals surface area contributed by atoms with E-state index in [9.17, 15) is 0 Å². The van der Waals surface area contributed by atoms with Gasteiger partial charge in [-0.3, -0.25) is 8.97 Å². The number of nitrogens with zero attached hydrogens (tertiary/aromatic N) is 5. The fourth-order valence-corrected chi connectivity index (χ4v) is 9.08. The summed E-state index contributed by atoms with van der Waals surface area (Å²) in [6, 6.07) is 46.6. The SMILES string of the molecule is CC(C)c1cccc(C(C)C)c1-c1cnc2c3cc(N(C)c4cccc(-c5nc6ccccc6n5-c5c(C(C)C)cccc5C(C)C)c4)ccc3c3ccccc3n12. The van der Waals surface area contributed by atoms with Crippen LogP contribution in [-0.4, -0.2) is 26.0 Å². The lowest BCUT2D eigenvalue weighted by atomic mass is 9.87. The number of imidazole rings is 2. The maximum Gasteiger partial charge on any atom is 0.145 e. The molecule has 5 nitrogen and oxygen atoms in total. The molecule has 3 heterocycles. The number of benzene rings is 6. The summed E-state index contributed by atoms with van der Waals surface area (Å²) in [5.74, 6) is 2.40. The molecule has 0 fully saturated rings. The lowest BCUT2D eigenvalue weighted by Gasteiger charge is -2.24. The van der Waals surface area contributed by atoms with Gasteiger partial charge in [-0.25, -0.2) is 9.97 Å². The zero-order valence-corrected chi connectivity index (χ0v) is 35.2. The van der Waals surface area contributed by atoms with Crippen LogP contribution >= 0.6 is 0 Å². The number of rotatable bonds is 9. The van der Waals surface area contributed by atoms with Crippen molar-refractivity contribution in [2.75, 3.05) is 11.9 Å². The van der Waals surface area contributed by atoms with Crippen LogP contribution in [0.2, 0.25) is 0 Å². The van der Waals surface area contributed by atoms with Gasteiger partial charge < -0.3 is 4.90 Å². The van der Waals surface area contributed by atoms with Gasteiger partial charge in [0.05, 0.1) is 34.1 Å². The number of hydrogen-bond acceptors (Lipinski definition) is 3. The van der Waals surface area contributed by atoms with E-state index < -0.39 is 0 Å². The Labute approximate surface area is 342 Å². The summed E-state index contributed by atoms with van der Waals surface area (Å²) in [5.41, 5.74) is 16.6. The van der Waals surface area contributed by atoms with Gasteiger partial charge in [0.1, 0.15) is 11.5 Å². The second-order valence-corrected chi connectivity index (χ2v) is 17.1. The van der Waals surface area contributed by atoms with Gasteiger partial charge in [-0.05, 0) is 93.8 Å². The minimum Gasteiger partial charge on any atom is -0.345 e. The van der Waals surface area contributed by atoms with Gasteiger partial charge in [0.15, 0.2) is 0 Å². The van der Waals surface area contributed by atoms with E-state index in [-0.39, 0.29) is 0 Å². The second-order valence-electron chi connectivity index (χ2n) is 17.1. The van der Waals surface area contributed by atoms with E-state index >= 15 is 0 Å². The Morgan fingerprint density at radius 2 is 1.10 bits per heavy atom. The topological polar surface area (TPSA) is 38.4 Å². The molecule has 0 radical (unpaired) electrons. The summed E-state index contributed by atoms with van der Waals surface area (Å²) in [4.78, 5) is 12.9. The molecule has 0 spiro atoms. The van der Waals surface area contributed by atoms with Gasteiger partial charge in [0, 0.05) is 40.3 Å². The van der Waals surface area contributed by atoms with E-state index in [4.69, 9.17) is 9.97 Å². The number of aromatic nitrogens is 4.